The van der Waals surface area contributed by atoms with Crippen LogP contribution in [0.2, 0.25) is 0 Å². The third-order valence-electron chi connectivity index (χ3n) is 6.43. The lowest BCUT2D eigenvalue weighted by Gasteiger charge is -2.55. The summed E-state index contributed by atoms with van der Waals surface area (Å²) in [6, 6.07) is 0. The van der Waals surface area contributed by atoms with Gasteiger partial charge in [0.25, 0.3) is 5.91 Å². The van der Waals surface area contributed by atoms with Crippen molar-refractivity contribution >= 4 is 23.7 Å². The molecule has 0 saturated heterocycles. The molecule has 4 rings (SSSR count). The summed E-state index contributed by atoms with van der Waals surface area (Å²) in [5.41, 5.74) is -0.225. The molecule has 4 aliphatic rings. The Morgan fingerprint density at radius 1 is 0.964 bits per heavy atom. The zero-order valence-corrected chi connectivity index (χ0v) is 16.8. The molecule has 0 heterocycles. The molecular formula is C20H31N3O5. The number of amides is 3. The second-order valence-corrected chi connectivity index (χ2v) is 8.93. The quantitative estimate of drug-likeness (QED) is 0.583. The topological polar surface area (TPSA) is 105 Å². The number of carbonyl (C=O) groups excluding carboxylic acids is 4. The third kappa shape index (κ3) is 4.83. The molecule has 2 N–H and O–H groups in total. The Morgan fingerprint density at radius 3 is 2.07 bits per heavy atom. The highest BCUT2D eigenvalue weighted by molar-refractivity contribution is 5.86. The summed E-state index contributed by atoms with van der Waals surface area (Å²) in [7, 11) is 3.18. The Balaban J connectivity index is 1.33. The van der Waals surface area contributed by atoms with Crippen LogP contribution >= 0.6 is 0 Å². The fraction of sp³-hybridized carbons (Fsp3) is 0.800. The summed E-state index contributed by atoms with van der Waals surface area (Å²) in [4.78, 5) is 48.9. The Labute approximate surface area is 165 Å². The fourth-order valence-corrected chi connectivity index (χ4v) is 5.46. The van der Waals surface area contributed by atoms with Crippen molar-refractivity contribution in [2.75, 3.05) is 33.8 Å². The van der Waals surface area contributed by atoms with Gasteiger partial charge >= 0.3 is 5.97 Å². The summed E-state index contributed by atoms with van der Waals surface area (Å²) in [6.07, 6.45) is 6.83. The number of likely N-dealkylation sites (N-methyl/N-ethyl adjacent to an activating group) is 1. The van der Waals surface area contributed by atoms with Crippen LogP contribution in [-0.2, 0) is 23.9 Å². The molecule has 3 amide bonds. The van der Waals surface area contributed by atoms with Gasteiger partial charge in [0.1, 0.15) is 0 Å². The van der Waals surface area contributed by atoms with E-state index in [1.807, 2.05) is 0 Å². The van der Waals surface area contributed by atoms with Crippen LogP contribution in [0.4, 0.5) is 0 Å². The molecule has 8 heteroatoms. The maximum absolute atomic E-state index is 12.8. The van der Waals surface area contributed by atoms with Gasteiger partial charge in [-0.05, 0) is 56.3 Å². The highest BCUT2D eigenvalue weighted by atomic mass is 16.5. The molecule has 0 aliphatic heterocycles. The largest absolute Gasteiger partial charge is 0.456 e. The van der Waals surface area contributed by atoms with Crippen molar-refractivity contribution in [3.63, 3.8) is 0 Å². The first-order valence-corrected chi connectivity index (χ1v) is 10.2. The zero-order chi connectivity index (χ0) is 20.3. The smallest absolute Gasteiger partial charge is 0.308 e. The molecule has 4 fully saturated rings. The van der Waals surface area contributed by atoms with Gasteiger partial charge < -0.3 is 20.3 Å². The van der Waals surface area contributed by atoms with Crippen LogP contribution in [0.5, 0.6) is 0 Å². The molecule has 0 aromatic rings. The van der Waals surface area contributed by atoms with Crippen LogP contribution in [0.25, 0.3) is 0 Å². The van der Waals surface area contributed by atoms with E-state index in [1.165, 1.54) is 24.2 Å². The van der Waals surface area contributed by atoms with E-state index in [4.69, 9.17) is 4.74 Å². The van der Waals surface area contributed by atoms with E-state index in [1.54, 1.807) is 14.1 Å². The standard InChI is InChI=1S/C20H31N3O5/c1-23(2)17(25)11-22-16(24)12-28-18(26)3-4-21-19(27)20-8-13-5-14(9-20)7-15(6-13)10-20/h13-15H,3-12H2,1-2H3,(H,21,27)(H,22,24). The fourth-order valence-electron chi connectivity index (χ4n) is 5.46. The minimum atomic E-state index is -0.542. The van der Waals surface area contributed by atoms with Crippen molar-refractivity contribution in [1.29, 1.82) is 0 Å². The van der Waals surface area contributed by atoms with E-state index in [0.29, 0.717) is 17.8 Å². The SMILES string of the molecule is CN(C)C(=O)CNC(=O)COC(=O)CCNC(=O)C12CC3CC(CC(C3)C1)C2. The van der Waals surface area contributed by atoms with Crippen LogP contribution < -0.4 is 10.6 Å². The van der Waals surface area contributed by atoms with Crippen LogP contribution in [0.1, 0.15) is 44.9 Å². The second-order valence-electron chi connectivity index (χ2n) is 8.93. The van der Waals surface area contributed by atoms with Gasteiger partial charge in [0.05, 0.1) is 13.0 Å². The molecule has 0 aromatic carbocycles. The molecule has 0 radical (unpaired) electrons. The average Bonchev–Trinajstić information content (AvgIpc) is 2.63. The number of nitrogens with one attached hydrogen (secondary N) is 2. The van der Waals surface area contributed by atoms with Crippen molar-refractivity contribution in [3.05, 3.63) is 0 Å². The molecule has 0 unspecified atom stereocenters. The first-order valence-electron chi connectivity index (χ1n) is 10.2. The molecule has 156 valence electrons. The number of esters is 1. The van der Waals surface area contributed by atoms with Crippen molar-refractivity contribution in [2.24, 2.45) is 23.2 Å². The van der Waals surface area contributed by atoms with Gasteiger partial charge in [-0.15, -0.1) is 0 Å². The lowest BCUT2D eigenvalue weighted by atomic mass is 9.49. The van der Waals surface area contributed by atoms with Gasteiger partial charge in [-0.25, -0.2) is 0 Å². The van der Waals surface area contributed by atoms with Crippen molar-refractivity contribution < 1.29 is 23.9 Å². The van der Waals surface area contributed by atoms with Crippen molar-refractivity contribution in [1.82, 2.24) is 15.5 Å². The number of carbonyl (C=O) groups is 4. The molecular weight excluding hydrogens is 362 g/mol. The highest BCUT2D eigenvalue weighted by Gasteiger charge is 2.54. The van der Waals surface area contributed by atoms with Gasteiger partial charge in [0, 0.05) is 26.1 Å². The van der Waals surface area contributed by atoms with Gasteiger partial charge in [0.2, 0.25) is 11.8 Å². The summed E-state index contributed by atoms with van der Waals surface area (Å²) < 4.78 is 4.90. The Bertz CT molecular complexity index is 610. The van der Waals surface area contributed by atoms with Crippen LogP contribution in [0, 0.1) is 23.2 Å². The van der Waals surface area contributed by atoms with E-state index in [2.05, 4.69) is 10.6 Å². The lowest BCUT2D eigenvalue weighted by molar-refractivity contribution is -0.149. The van der Waals surface area contributed by atoms with Crippen molar-refractivity contribution in [3.8, 4) is 0 Å². The van der Waals surface area contributed by atoms with Crippen molar-refractivity contribution in [2.45, 2.75) is 44.9 Å². The predicted octanol–water partition coefficient (Wildman–Crippen LogP) is 0.457. The van der Waals surface area contributed by atoms with Crippen LogP contribution in [0.15, 0.2) is 0 Å². The van der Waals surface area contributed by atoms with Gasteiger partial charge in [-0.3, -0.25) is 19.2 Å². The van der Waals surface area contributed by atoms with Crippen LogP contribution in [-0.4, -0.2) is 62.4 Å². The van der Waals surface area contributed by atoms with E-state index in [9.17, 15) is 19.2 Å². The maximum Gasteiger partial charge on any atom is 0.308 e. The summed E-state index contributed by atoms with van der Waals surface area (Å²) in [5.74, 6) is 0.854. The Kier molecular flexibility index (Phi) is 6.25. The number of nitrogens with zero attached hydrogens (tertiary/aromatic N) is 1. The number of rotatable bonds is 8. The van der Waals surface area contributed by atoms with Gasteiger partial charge in [-0.2, -0.15) is 0 Å². The first-order chi connectivity index (χ1) is 13.3. The van der Waals surface area contributed by atoms with E-state index in [0.717, 1.165) is 19.3 Å². The molecule has 4 aliphatic carbocycles. The first kappa shape index (κ1) is 20.6. The summed E-state index contributed by atoms with van der Waals surface area (Å²) >= 11 is 0. The van der Waals surface area contributed by atoms with E-state index < -0.39 is 18.5 Å². The van der Waals surface area contributed by atoms with Gasteiger partial charge in [0.15, 0.2) is 6.61 Å². The lowest BCUT2D eigenvalue weighted by Crippen LogP contribution is -2.53. The van der Waals surface area contributed by atoms with Gasteiger partial charge in [-0.1, -0.05) is 0 Å². The molecule has 0 aromatic heterocycles. The zero-order valence-electron chi connectivity index (χ0n) is 16.8. The normalized spacial score (nSPS) is 29.9. The highest BCUT2D eigenvalue weighted by Crippen LogP contribution is 2.60. The Hall–Kier alpha value is -2.12. The minimum Gasteiger partial charge on any atom is -0.456 e. The Morgan fingerprint density at radius 2 is 1.54 bits per heavy atom. The van der Waals surface area contributed by atoms with Crippen LogP contribution in [0.3, 0.4) is 0 Å². The summed E-state index contributed by atoms with van der Waals surface area (Å²) in [5, 5.41) is 5.31. The second kappa shape index (κ2) is 8.49. The molecule has 0 spiro atoms. The molecule has 8 nitrogen and oxygen atoms in total. The molecule has 0 atom stereocenters. The predicted molar refractivity (Wildman–Crippen MR) is 101 cm³/mol. The number of ether oxygens (including phenoxy) is 1. The molecule has 4 bridgehead atoms. The molecule has 28 heavy (non-hydrogen) atoms. The average molecular weight is 393 g/mol. The maximum atomic E-state index is 12.8. The third-order valence-corrected chi connectivity index (χ3v) is 6.43. The van der Waals surface area contributed by atoms with E-state index >= 15 is 0 Å². The number of hydrogen-bond donors (Lipinski definition) is 2. The monoisotopic (exact) mass is 393 g/mol. The minimum absolute atomic E-state index is 0.0298. The van der Waals surface area contributed by atoms with E-state index in [-0.39, 0.29) is 36.7 Å². The number of hydrogen-bond acceptors (Lipinski definition) is 5. The summed E-state index contributed by atoms with van der Waals surface area (Å²) in [6.45, 7) is -0.340. The molecule has 4 saturated carbocycles.